The van der Waals surface area contributed by atoms with Crippen LogP contribution in [0.1, 0.15) is 52.9 Å². The van der Waals surface area contributed by atoms with Crippen molar-refractivity contribution >= 4 is 33.4 Å². The number of allylic oxidation sites excluding steroid dienone is 3. The molecule has 3 unspecified atom stereocenters. The Morgan fingerprint density at radius 1 is 1.12 bits per heavy atom. The van der Waals surface area contributed by atoms with E-state index < -0.39 is 15.6 Å². The van der Waals surface area contributed by atoms with E-state index in [2.05, 4.69) is 10.3 Å². The Morgan fingerprint density at radius 3 is 2.57 bits per heavy atom. The van der Waals surface area contributed by atoms with Gasteiger partial charge in [0, 0.05) is 23.7 Å². The number of anilines is 1. The number of carbonyl (C=O) groups is 1. The zero-order valence-corrected chi connectivity index (χ0v) is 24.6. The number of amides is 1. The zero-order valence-electron chi connectivity index (χ0n) is 23.8. The molecule has 0 radical (unpaired) electrons. The summed E-state index contributed by atoms with van der Waals surface area (Å²) >= 11 is 0. The van der Waals surface area contributed by atoms with Crippen LogP contribution in [0.4, 0.5) is 5.82 Å². The zero-order chi connectivity index (χ0) is 29.9. The predicted molar refractivity (Wildman–Crippen MR) is 167 cm³/mol. The number of sulfonamides is 1. The number of nitrogen functional groups attached to an aromatic ring is 1. The number of primary sulfonamides is 1. The lowest BCUT2D eigenvalue weighted by molar-refractivity contribution is -0.00600. The molecule has 1 amide bonds. The minimum absolute atomic E-state index is 0.114. The molecule has 0 saturated carbocycles. The number of carbonyl (C=O) groups excluding carboxylic acids is 1. The van der Waals surface area contributed by atoms with Gasteiger partial charge in [-0.2, -0.15) is 0 Å². The van der Waals surface area contributed by atoms with Crippen LogP contribution in [0.15, 0.2) is 90.0 Å². The maximum atomic E-state index is 13.4. The van der Waals surface area contributed by atoms with Gasteiger partial charge in [0.25, 0.3) is 5.91 Å². The highest BCUT2D eigenvalue weighted by atomic mass is 32.2. The molecule has 3 atom stereocenters. The van der Waals surface area contributed by atoms with Gasteiger partial charge in [-0.05, 0) is 72.2 Å². The molecule has 42 heavy (non-hydrogen) atoms. The number of nitrogens with zero attached hydrogens (tertiary/aromatic N) is 1. The highest BCUT2D eigenvalue weighted by Crippen LogP contribution is 2.34. The number of hydrogen-bond donors (Lipinski definition) is 3. The summed E-state index contributed by atoms with van der Waals surface area (Å²) in [4.78, 5) is 17.7. The van der Waals surface area contributed by atoms with Crippen LogP contribution in [0.5, 0.6) is 0 Å². The largest absolute Gasteiger partial charge is 0.383 e. The molecule has 1 aromatic heterocycles. The first-order valence-electron chi connectivity index (χ1n) is 14.0. The molecule has 3 aromatic rings. The molecule has 8 nitrogen and oxygen atoms in total. The van der Waals surface area contributed by atoms with Gasteiger partial charge in [-0.15, -0.1) is 0 Å². The summed E-state index contributed by atoms with van der Waals surface area (Å²) in [7, 11) is -3.87. The fourth-order valence-corrected chi connectivity index (χ4v) is 6.26. The molecule has 5 rings (SSSR count). The van der Waals surface area contributed by atoms with Gasteiger partial charge in [-0.1, -0.05) is 67.6 Å². The van der Waals surface area contributed by atoms with E-state index in [9.17, 15) is 13.2 Å². The fourth-order valence-electron chi connectivity index (χ4n) is 5.45. The van der Waals surface area contributed by atoms with E-state index >= 15 is 0 Å². The Balaban J connectivity index is 1.32. The summed E-state index contributed by atoms with van der Waals surface area (Å²) < 4.78 is 30.8. The first kappa shape index (κ1) is 29.4. The van der Waals surface area contributed by atoms with Crippen molar-refractivity contribution in [2.24, 2.45) is 11.1 Å². The van der Waals surface area contributed by atoms with E-state index in [-0.39, 0.29) is 29.4 Å². The fraction of sp³-hybridized carbons (Fsp3) is 0.273. The van der Waals surface area contributed by atoms with E-state index in [0.29, 0.717) is 36.2 Å². The van der Waals surface area contributed by atoms with Gasteiger partial charge >= 0.3 is 0 Å². The Morgan fingerprint density at radius 2 is 1.86 bits per heavy atom. The number of benzene rings is 2. The topological polar surface area (TPSA) is 137 Å². The molecule has 0 bridgehead atoms. The van der Waals surface area contributed by atoms with Crippen LogP contribution >= 0.6 is 0 Å². The second kappa shape index (κ2) is 12.1. The Hall–Kier alpha value is -4.05. The summed E-state index contributed by atoms with van der Waals surface area (Å²) in [5.41, 5.74) is 10.4. The smallest absolute Gasteiger partial charge is 0.251 e. The molecule has 2 aromatic carbocycles. The number of nitrogens with two attached hydrogens (primary N) is 2. The first-order chi connectivity index (χ1) is 20.0. The van der Waals surface area contributed by atoms with Crippen LogP contribution in [0, 0.1) is 5.92 Å². The van der Waals surface area contributed by atoms with E-state index in [4.69, 9.17) is 15.6 Å². The van der Waals surface area contributed by atoms with E-state index in [1.165, 1.54) is 0 Å². The van der Waals surface area contributed by atoms with Gasteiger partial charge in [0.2, 0.25) is 10.0 Å². The van der Waals surface area contributed by atoms with Crippen LogP contribution in [0.2, 0.25) is 0 Å². The van der Waals surface area contributed by atoms with Crippen LogP contribution < -0.4 is 16.2 Å². The van der Waals surface area contributed by atoms with Crippen LogP contribution in [0.3, 0.4) is 0 Å². The summed E-state index contributed by atoms with van der Waals surface area (Å²) in [6.07, 6.45) is 10.8. The molecule has 9 heteroatoms. The molecular weight excluding hydrogens is 548 g/mol. The molecule has 0 aliphatic heterocycles. The van der Waals surface area contributed by atoms with Crippen molar-refractivity contribution in [3.8, 4) is 0 Å². The van der Waals surface area contributed by atoms with Gasteiger partial charge < -0.3 is 15.8 Å². The number of aromatic nitrogens is 1. The lowest BCUT2D eigenvalue weighted by Gasteiger charge is -2.33. The lowest BCUT2D eigenvalue weighted by Crippen LogP contribution is -2.43. The van der Waals surface area contributed by atoms with Gasteiger partial charge in [0.05, 0.1) is 23.2 Å². The Bertz CT molecular complexity index is 1660. The molecule has 2 aliphatic rings. The van der Waals surface area contributed by atoms with E-state index in [1.54, 1.807) is 36.5 Å². The normalized spacial score (nSPS) is 20.7. The summed E-state index contributed by atoms with van der Waals surface area (Å²) in [6.45, 7) is 4.30. The summed E-state index contributed by atoms with van der Waals surface area (Å²) in [5.74, 6) is 0.427. The molecule has 0 saturated heterocycles. The van der Waals surface area contributed by atoms with Crippen LogP contribution in [-0.2, 0) is 27.6 Å². The number of nitrogens with one attached hydrogen (secondary N) is 1. The van der Waals surface area contributed by atoms with Crippen molar-refractivity contribution in [1.29, 1.82) is 0 Å². The average Bonchev–Trinajstić information content (AvgIpc) is 2.96. The number of rotatable bonds is 9. The van der Waals surface area contributed by atoms with Gasteiger partial charge in [-0.3, -0.25) is 4.79 Å². The predicted octanol–water partition coefficient (Wildman–Crippen LogP) is 4.65. The van der Waals surface area contributed by atoms with Gasteiger partial charge in [0.1, 0.15) is 5.82 Å². The van der Waals surface area contributed by atoms with Crippen molar-refractivity contribution in [3.05, 3.63) is 118 Å². The van der Waals surface area contributed by atoms with Crippen LogP contribution in [0.25, 0.3) is 11.6 Å². The summed E-state index contributed by atoms with van der Waals surface area (Å²) in [6, 6.07) is 18.5. The van der Waals surface area contributed by atoms with Crippen molar-refractivity contribution in [1.82, 2.24) is 10.3 Å². The lowest BCUT2D eigenvalue weighted by atomic mass is 9.87. The molecule has 0 fully saturated rings. The van der Waals surface area contributed by atoms with Crippen molar-refractivity contribution in [3.63, 3.8) is 0 Å². The molecular formula is C33H36N4O4S. The molecule has 0 spiro atoms. The molecule has 5 N–H and O–H groups in total. The quantitative estimate of drug-likeness (QED) is 0.335. The second-order valence-electron chi connectivity index (χ2n) is 11.3. The highest BCUT2D eigenvalue weighted by Gasteiger charge is 2.30. The third-order valence-electron chi connectivity index (χ3n) is 7.74. The molecule has 2 aliphatic carbocycles. The monoisotopic (exact) mass is 584 g/mol. The van der Waals surface area contributed by atoms with Crippen molar-refractivity contribution < 1.29 is 17.9 Å². The maximum Gasteiger partial charge on any atom is 0.251 e. The Kier molecular flexibility index (Phi) is 8.45. The molecule has 1 heterocycles. The number of ether oxygens (including phenoxy) is 1. The van der Waals surface area contributed by atoms with Crippen LogP contribution in [-0.4, -0.2) is 37.6 Å². The van der Waals surface area contributed by atoms with E-state index in [0.717, 1.165) is 22.3 Å². The third kappa shape index (κ3) is 6.87. The SMILES string of the molecule is CC1C=CC(S(N)(=O)=O)=C(c2ccc(C(=O)NC(COC3(C)C=Cc4ccnc(N)c4C3)Cc3ccccc3)cc2)C1. The third-order valence-corrected chi connectivity index (χ3v) is 8.74. The maximum absolute atomic E-state index is 13.4. The standard InChI is InChI=1S/C33H36N4O4S/c1-22-8-13-30(42(35,39)40)28(18-22)24-9-11-26(12-10-24)32(38)37-27(19-23-6-4-3-5-7-23)21-41-33(2)16-14-25-15-17-36-31(34)29(25)20-33/h3-17,22,27H,18-21H2,1-2H3,(H2,34,36)(H,37,38)(H2,35,39,40). The van der Waals surface area contributed by atoms with E-state index in [1.807, 2.05) is 68.5 Å². The average molecular weight is 585 g/mol. The molecule has 218 valence electrons. The van der Waals surface area contributed by atoms with Crippen molar-refractivity contribution in [2.45, 2.75) is 44.8 Å². The van der Waals surface area contributed by atoms with Crippen molar-refractivity contribution in [2.75, 3.05) is 12.3 Å². The minimum Gasteiger partial charge on any atom is -0.383 e. The minimum atomic E-state index is -3.87. The number of pyridine rings is 1. The Labute approximate surface area is 247 Å². The summed E-state index contributed by atoms with van der Waals surface area (Å²) in [5, 5.41) is 8.62. The second-order valence-corrected chi connectivity index (χ2v) is 12.8. The highest BCUT2D eigenvalue weighted by molar-refractivity contribution is 7.93. The van der Waals surface area contributed by atoms with Gasteiger partial charge in [0.15, 0.2) is 0 Å². The van der Waals surface area contributed by atoms with Gasteiger partial charge in [-0.25, -0.2) is 18.5 Å². The number of fused-ring (bicyclic) bond motifs is 1. The number of hydrogen-bond acceptors (Lipinski definition) is 6. The first-order valence-corrected chi connectivity index (χ1v) is 15.5.